The minimum Gasteiger partial charge on any atom is -0.443 e. The third-order valence-corrected chi connectivity index (χ3v) is 4.87. The Morgan fingerprint density at radius 3 is 2.76 bits per heavy atom. The van der Waals surface area contributed by atoms with E-state index in [0.29, 0.717) is 32.4 Å². The summed E-state index contributed by atoms with van der Waals surface area (Å²) in [5.41, 5.74) is 4.43. The molecule has 0 aliphatic rings. The monoisotopic (exact) mass is 370 g/mol. The standard InChI is InChI=1S/C17H11ClN4O2S/c1-9-16(25-22-21-9)17(23)20-11-4-2-10(3-5-11)12-6-15-14(7-13(12)18)19-8-24-15/h2-8H,1H3,(H,20,23). The van der Waals surface area contributed by atoms with Crippen molar-refractivity contribution in [2.45, 2.75) is 6.92 Å². The van der Waals surface area contributed by atoms with Gasteiger partial charge in [0.2, 0.25) is 0 Å². The predicted molar refractivity (Wildman–Crippen MR) is 97.1 cm³/mol. The van der Waals surface area contributed by atoms with Crippen LogP contribution in [0, 0.1) is 6.92 Å². The van der Waals surface area contributed by atoms with Crippen LogP contribution in [-0.2, 0) is 0 Å². The molecule has 2 aromatic carbocycles. The number of aryl methyl sites for hydroxylation is 1. The van der Waals surface area contributed by atoms with Gasteiger partial charge in [0, 0.05) is 11.3 Å². The third-order valence-electron chi connectivity index (χ3n) is 3.73. The maximum Gasteiger partial charge on any atom is 0.269 e. The molecule has 0 spiro atoms. The fourth-order valence-corrected chi connectivity index (χ4v) is 3.28. The van der Waals surface area contributed by atoms with Crippen molar-refractivity contribution in [2.24, 2.45) is 0 Å². The summed E-state index contributed by atoms with van der Waals surface area (Å²) in [4.78, 5) is 16.8. The summed E-state index contributed by atoms with van der Waals surface area (Å²) in [5.74, 6) is -0.221. The number of nitrogens with zero attached hydrogens (tertiary/aromatic N) is 3. The summed E-state index contributed by atoms with van der Waals surface area (Å²) in [6.45, 7) is 1.75. The number of amides is 1. The Hall–Kier alpha value is -2.77. The number of hydrogen-bond donors (Lipinski definition) is 1. The van der Waals surface area contributed by atoms with Crippen molar-refractivity contribution in [1.82, 2.24) is 14.6 Å². The van der Waals surface area contributed by atoms with E-state index < -0.39 is 0 Å². The quantitative estimate of drug-likeness (QED) is 0.571. The summed E-state index contributed by atoms with van der Waals surface area (Å²) in [6, 6.07) is 11.0. The lowest BCUT2D eigenvalue weighted by Crippen LogP contribution is -2.11. The smallest absolute Gasteiger partial charge is 0.269 e. The first-order valence-corrected chi connectivity index (χ1v) is 8.50. The molecule has 4 aromatic rings. The lowest BCUT2D eigenvalue weighted by molar-refractivity contribution is 0.103. The van der Waals surface area contributed by atoms with Crippen molar-refractivity contribution in [2.75, 3.05) is 5.32 Å². The average Bonchev–Trinajstić information content (AvgIpc) is 3.23. The molecule has 0 aliphatic heterocycles. The van der Waals surface area contributed by atoms with E-state index >= 15 is 0 Å². The largest absolute Gasteiger partial charge is 0.443 e. The molecule has 0 saturated carbocycles. The van der Waals surface area contributed by atoms with Gasteiger partial charge in [-0.25, -0.2) is 4.98 Å². The number of anilines is 1. The Kier molecular flexibility index (Phi) is 3.95. The highest BCUT2D eigenvalue weighted by atomic mass is 35.5. The maximum atomic E-state index is 12.2. The van der Waals surface area contributed by atoms with Gasteiger partial charge in [-0.1, -0.05) is 28.2 Å². The second-order valence-corrected chi connectivity index (χ2v) is 6.53. The highest BCUT2D eigenvalue weighted by molar-refractivity contribution is 7.08. The minimum absolute atomic E-state index is 0.221. The predicted octanol–water partition coefficient (Wildman–Crippen LogP) is 4.56. The molecule has 0 radical (unpaired) electrons. The molecule has 2 aromatic heterocycles. The van der Waals surface area contributed by atoms with E-state index in [4.69, 9.17) is 16.0 Å². The number of rotatable bonds is 3. The number of carbonyl (C=O) groups is 1. The van der Waals surface area contributed by atoms with Gasteiger partial charge >= 0.3 is 0 Å². The molecular formula is C17H11ClN4O2S. The number of carbonyl (C=O) groups excluding carboxylic acids is 1. The topological polar surface area (TPSA) is 80.9 Å². The summed E-state index contributed by atoms with van der Waals surface area (Å²) < 4.78 is 9.10. The van der Waals surface area contributed by atoms with Crippen LogP contribution in [0.15, 0.2) is 47.2 Å². The molecule has 0 aliphatic carbocycles. The fourth-order valence-electron chi connectivity index (χ4n) is 2.46. The fraction of sp³-hybridized carbons (Fsp3) is 0.0588. The van der Waals surface area contributed by atoms with Crippen molar-refractivity contribution < 1.29 is 9.21 Å². The zero-order valence-electron chi connectivity index (χ0n) is 13.0. The Morgan fingerprint density at radius 2 is 2.04 bits per heavy atom. The summed E-state index contributed by atoms with van der Waals surface area (Å²) in [5, 5.41) is 7.26. The van der Waals surface area contributed by atoms with Crippen LogP contribution in [0.1, 0.15) is 15.4 Å². The van der Waals surface area contributed by atoms with Crippen LogP contribution in [0.25, 0.3) is 22.2 Å². The lowest BCUT2D eigenvalue weighted by atomic mass is 10.0. The Balaban J connectivity index is 1.60. The zero-order valence-corrected chi connectivity index (χ0v) is 14.6. The Bertz CT molecular complexity index is 1070. The van der Waals surface area contributed by atoms with E-state index in [1.165, 1.54) is 6.39 Å². The Morgan fingerprint density at radius 1 is 1.24 bits per heavy atom. The van der Waals surface area contributed by atoms with E-state index in [2.05, 4.69) is 19.9 Å². The van der Waals surface area contributed by atoms with Gasteiger partial charge in [0.05, 0.1) is 10.7 Å². The van der Waals surface area contributed by atoms with Gasteiger partial charge in [-0.2, -0.15) is 0 Å². The van der Waals surface area contributed by atoms with Gasteiger partial charge in [-0.3, -0.25) is 4.79 Å². The summed E-state index contributed by atoms with van der Waals surface area (Å²) >= 11 is 7.41. The van der Waals surface area contributed by atoms with Crippen molar-refractivity contribution >= 4 is 45.8 Å². The van der Waals surface area contributed by atoms with Crippen LogP contribution in [0.2, 0.25) is 5.02 Å². The highest BCUT2D eigenvalue weighted by Gasteiger charge is 2.14. The molecule has 25 heavy (non-hydrogen) atoms. The normalized spacial score (nSPS) is 11.0. The number of oxazole rings is 1. The molecule has 8 heteroatoms. The molecule has 0 saturated heterocycles. The molecule has 124 valence electrons. The molecule has 0 unspecified atom stereocenters. The van der Waals surface area contributed by atoms with Crippen molar-refractivity contribution in [3.8, 4) is 11.1 Å². The number of halogens is 1. The van der Waals surface area contributed by atoms with Crippen LogP contribution in [0.5, 0.6) is 0 Å². The molecule has 4 rings (SSSR count). The first-order chi connectivity index (χ1) is 12.1. The molecule has 1 N–H and O–H groups in total. The third kappa shape index (κ3) is 2.99. The van der Waals surface area contributed by atoms with Crippen molar-refractivity contribution in [3.63, 3.8) is 0 Å². The number of benzene rings is 2. The first kappa shape index (κ1) is 15.7. The average molecular weight is 371 g/mol. The van der Waals surface area contributed by atoms with E-state index in [1.807, 2.05) is 30.3 Å². The SMILES string of the molecule is Cc1nnsc1C(=O)Nc1ccc(-c2cc3ocnc3cc2Cl)cc1. The second-order valence-electron chi connectivity index (χ2n) is 5.37. The van der Waals surface area contributed by atoms with Crippen LogP contribution < -0.4 is 5.32 Å². The van der Waals surface area contributed by atoms with Gasteiger partial charge in [0.25, 0.3) is 5.91 Å². The van der Waals surface area contributed by atoms with E-state index in [-0.39, 0.29) is 5.91 Å². The first-order valence-electron chi connectivity index (χ1n) is 7.35. The van der Waals surface area contributed by atoms with Crippen molar-refractivity contribution in [3.05, 3.63) is 58.4 Å². The molecule has 2 heterocycles. The van der Waals surface area contributed by atoms with Crippen LogP contribution in [0.3, 0.4) is 0 Å². The van der Waals surface area contributed by atoms with Gasteiger partial charge in [-0.15, -0.1) is 5.10 Å². The summed E-state index contributed by atoms with van der Waals surface area (Å²) in [6.07, 6.45) is 1.39. The van der Waals surface area contributed by atoms with Crippen LogP contribution in [0.4, 0.5) is 5.69 Å². The van der Waals surface area contributed by atoms with Crippen molar-refractivity contribution in [1.29, 1.82) is 0 Å². The van der Waals surface area contributed by atoms with E-state index in [0.717, 1.165) is 22.7 Å². The van der Waals surface area contributed by atoms with E-state index in [1.54, 1.807) is 13.0 Å². The second kappa shape index (κ2) is 6.27. The number of fused-ring (bicyclic) bond motifs is 1. The highest BCUT2D eigenvalue weighted by Crippen LogP contribution is 2.32. The molecule has 6 nitrogen and oxygen atoms in total. The zero-order chi connectivity index (χ0) is 17.4. The molecular weight excluding hydrogens is 360 g/mol. The number of hydrogen-bond acceptors (Lipinski definition) is 6. The molecule has 1 amide bonds. The Labute approximate surface area is 151 Å². The van der Waals surface area contributed by atoms with E-state index in [9.17, 15) is 4.79 Å². The van der Waals surface area contributed by atoms with Gasteiger partial charge in [-0.05, 0) is 48.3 Å². The minimum atomic E-state index is -0.221. The van der Waals surface area contributed by atoms with Gasteiger partial charge in [0.1, 0.15) is 10.4 Å². The summed E-state index contributed by atoms with van der Waals surface area (Å²) in [7, 11) is 0. The maximum absolute atomic E-state index is 12.2. The van der Waals surface area contributed by atoms with Gasteiger partial charge < -0.3 is 9.73 Å². The van der Waals surface area contributed by atoms with Crippen LogP contribution in [-0.4, -0.2) is 20.5 Å². The molecule has 0 bridgehead atoms. The number of nitrogens with one attached hydrogen (secondary N) is 1. The van der Waals surface area contributed by atoms with Crippen LogP contribution >= 0.6 is 23.1 Å². The number of aromatic nitrogens is 3. The molecule has 0 fully saturated rings. The lowest BCUT2D eigenvalue weighted by Gasteiger charge is -2.07. The van der Waals surface area contributed by atoms with Gasteiger partial charge in [0.15, 0.2) is 12.0 Å². The molecule has 0 atom stereocenters.